The summed E-state index contributed by atoms with van der Waals surface area (Å²) in [5, 5.41) is 0. The van der Waals surface area contributed by atoms with Crippen LogP contribution in [0.4, 0.5) is 0 Å². The van der Waals surface area contributed by atoms with Crippen molar-refractivity contribution >= 4 is 23.1 Å². The van der Waals surface area contributed by atoms with Crippen LogP contribution in [0.2, 0.25) is 0 Å². The third-order valence-electron chi connectivity index (χ3n) is 1.14. The van der Waals surface area contributed by atoms with E-state index in [1.165, 1.54) is 12.8 Å². The molecule has 1 heteroatoms. The first kappa shape index (κ1) is 17.7. The molecule has 0 aromatic carbocycles. The van der Waals surface area contributed by atoms with Gasteiger partial charge in [0.15, 0.2) is 0 Å². The maximum Gasteiger partial charge on any atom is 2.00 e. The number of hydrogen-bond donors (Lipinski definition) is 0. The fraction of sp³-hybridized carbons (Fsp3) is 0.800. The van der Waals surface area contributed by atoms with Crippen LogP contribution in [0.3, 0.4) is 0 Å². The third kappa shape index (κ3) is 36.4. The van der Waals surface area contributed by atoms with Crippen LogP contribution in [-0.2, 0) is 0 Å². The van der Waals surface area contributed by atoms with Gasteiger partial charge in [0, 0.05) is 0 Å². The van der Waals surface area contributed by atoms with Crippen molar-refractivity contribution < 1.29 is 0 Å². The number of rotatable bonds is 3. The molecule has 0 rings (SSSR count). The summed E-state index contributed by atoms with van der Waals surface area (Å²) in [6.45, 7) is 13.9. The molecule has 0 aliphatic carbocycles. The maximum absolute atomic E-state index is 3.73. The van der Waals surface area contributed by atoms with E-state index in [0.717, 1.165) is 18.8 Å². The first-order valence-corrected chi connectivity index (χ1v) is 4.27. The standard InChI is InChI=1S/C6H13.C4H9.Mg/c1-4-5-6(2)3;1-3-4-2;/h6H,1,4-5H2,2-3H3;1,3-4H2,2H3;/q2*-1;+2. The van der Waals surface area contributed by atoms with Crippen LogP contribution in [0.15, 0.2) is 0 Å². The Labute approximate surface area is 89.3 Å². The quantitative estimate of drug-likeness (QED) is 0.445. The van der Waals surface area contributed by atoms with Gasteiger partial charge < -0.3 is 13.8 Å². The molecule has 0 amide bonds. The van der Waals surface area contributed by atoms with Gasteiger partial charge in [-0.25, -0.2) is 0 Å². The molecular formula is C10H22Mg. The molecule has 0 N–H and O–H groups in total. The fourth-order valence-corrected chi connectivity index (χ4v) is 0.408. The minimum atomic E-state index is 0. The molecule has 0 aromatic rings. The minimum absolute atomic E-state index is 0. The van der Waals surface area contributed by atoms with E-state index in [4.69, 9.17) is 0 Å². The average Bonchev–Trinajstić information content (AvgIpc) is 1.89. The Hall–Kier alpha value is 0.766. The Balaban J connectivity index is -0.000000114. The normalized spacial score (nSPS) is 8.18. The van der Waals surface area contributed by atoms with Gasteiger partial charge in [-0.3, -0.25) is 0 Å². The van der Waals surface area contributed by atoms with E-state index in [-0.39, 0.29) is 23.1 Å². The smallest absolute Gasteiger partial charge is 0.343 e. The summed E-state index contributed by atoms with van der Waals surface area (Å²) in [7, 11) is 0. The van der Waals surface area contributed by atoms with Crippen LogP contribution in [-0.4, -0.2) is 23.1 Å². The monoisotopic (exact) mass is 166 g/mol. The van der Waals surface area contributed by atoms with Crippen LogP contribution in [0.5, 0.6) is 0 Å². The summed E-state index contributed by atoms with van der Waals surface area (Å²) in [6.07, 6.45) is 4.62. The first-order chi connectivity index (χ1) is 4.68. The number of unbranched alkanes of at least 4 members (excludes halogenated alkanes) is 1. The summed E-state index contributed by atoms with van der Waals surface area (Å²) >= 11 is 0. The van der Waals surface area contributed by atoms with Crippen molar-refractivity contribution in [2.75, 3.05) is 0 Å². The predicted molar refractivity (Wildman–Crippen MR) is 55.4 cm³/mol. The SMILES string of the molecule is [CH2-]CCC.[CH2-]CCC(C)C.[Mg+2]. The van der Waals surface area contributed by atoms with Crippen molar-refractivity contribution in [2.45, 2.75) is 46.5 Å². The molecule has 0 spiro atoms. The zero-order chi connectivity index (χ0) is 8.41. The summed E-state index contributed by atoms with van der Waals surface area (Å²) in [5.41, 5.74) is 0. The van der Waals surface area contributed by atoms with Crippen LogP contribution in [0, 0.1) is 19.8 Å². The van der Waals surface area contributed by atoms with Gasteiger partial charge in [-0.05, 0) is 5.92 Å². The maximum atomic E-state index is 3.73. The molecule has 0 aliphatic rings. The predicted octanol–water partition coefficient (Wildman–Crippen LogP) is 3.50. The molecular weight excluding hydrogens is 144 g/mol. The third-order valence-corrected chi connectivity index (χ3v) is 1.14. The molecule has 0 saturated heterocycles. The second-order valence-corrected chi connectivity index (χ2v) is 2.89. The van der Waals surface area contributed by atoms with E-state index in [9.17, 15) is 0 Å². The molecule has 0 saturated carbocycles. The van der Waals surface area contributed by atoms with E-state index in [1.54, 1.807) is 0 Å². The van der Waals surface area contributed by atoms with Gasteiger partial charge >= 0.3 is 23.1 Å². The van der Waals surface area contributed by atoms with E-state index < -0.39 is 0 Å². The van der Waals surface area contributed by atoms with Gasteiger partial charge in [0.05, 0.1) is 0 Å². The van der Waals surface area contributed by atoms with Crippen molar-refractivity contribution in [3.05, 3.63) is 13.8 Å². The zero-order valence-corrected chi connectivity index (χ0v) is 9.94. The van der Waals surface area contributed by atoms with E-state index in [1.807, 2.05) is 0 Å². The molecule has 0 bridgehead atoms. The second-order valence-electron chi connectivity index (χ2n) is 2.89. The molecule has 0 aliphatic heterocycles. The molecule has 0 heterocycles. The topological polar surface area (TPSA) is 0 Å². The van der Waals surface area contributed by atoms with Gasteiger partial charge in [-0.1, -0.05) is 33.6 Å². The van der Waals surface area contributed by atoms with E-state index in [2.05, 4.69) is 34.6 Å². The largest absolute Gasteiger partial charge is 2.00 e. The van der Waals surface area contributed by atoms with E-state index in [0.29, 0.717) is 0 Å². The molecule has 11 heavy (non-hydrogen) atoms. The van der Waals surface area contributed by atoms with Crippen molar-refractivity contribution in [1.29, 1.82) is 0 Å². The van der Waals surface area contributed by atoms with Crippen molar-refractivity contribution in [3.8, 4) is 0 Å². The Morgan fingerprint density at radius 2 is 1.45 bits per heavy atom. The van der Waals surface area contributed by atoms with Gasteiger partial charge in [0.25, 0.3) is 0 Å². The van der Waals surface area contributed by atoms with Gasteiger partial charge in [-0.2, -0.15) is 12.8 Å². The average molecular weight is 167 g/mol. The Morgan fingerprint density at radius 3 is 1.45 bits per heavy atom. The summed E-state index contributed by atoms with van der Waals surface area (Å²) in [6, 6.07) is 0. The Morgan fingerprint density at radius 1 is 1.09 bits per heavy atom. The molecule has 64 valence electrons. The minimum Gasteiger partial charge on any atom is -0.343 e. The molecule has 0 fully saturated rings. The molecule has 0 nitrogen and oxygen atoms in total. The summed E-state index contributed by atoms with van der Waals surface area (Å²) in [4.78, 5) is 0. The molecule has 0 radical (unpaired) electrons. The van der Waals surface area contributed by atoms with Crippen LogP contribution >= 0.6 is 0 Å². The van der Waals surface area contributed by atoms with E-state index >= 15 is 0 Å². The second kappa shape index (κ2) is 17.0. The molecule has 0 aromatic heterocycles. The Bertz CT molecular complexity index is 40.1. The Kier molecular flexibility index (Phi) is 27.5. The summed E-state index contributed by atoms with van der Waals surface area (Å²) in [5.74, 6) is 0.836. The van der Waals surface area contributed by atoms with Crippen molar-refractivity contribution in [2.24, 2.45) is 5.92 Å². The van der Waals surface area contributed by atoms with Crippen molar-refractivity contribution in [1.82, 2.24) is 0 Å². The van der Waals surface area contributed by atoms with Crippen LogP contribution in [0.1, 0.15) is 46.5 Å². The van der Waals surface area contributed by atoms with Gasteiger partial charge in [0.1, 0.15) is 0 Å². The summed E-state index contributed by atoms with van der Waals surface area (Å²) < 4.78 is 0. The van der Waals surface area contributed by atoms with Gasteiger partial charge in [0.2, 0.25) is 0 Å². The first-order valence-electron chi connectivity index (χ1n) is 4.27. The van der Waals surface area contributed by atoms with Crippen molar-refractivity contribution in [3.63, 3.8) is 0 Å². The number of hydrogen-bond acceptors (Lipinski definition) is 0. The fourth-order valence-electron chi connectivity index (χ4n) is 0.408. The zero-order valence-electron chi connectivity index (χ0n) is 8.53. The molecule has 0 atom stereocenters. The van der Waals surface area contributed by atoms with Crippen LogP contribution < -0.4 is 0 Å². The molecule has 0 unspecified atom stereocenters. The van der Waals surface area contributed by atoms with Crippen LogP contribution in [0.25, 0.3) is 0 Å². The van der Waals surface area contributed by atoms with Gasteiger partial charge in [-0.15, -0.1) is 0 Å².